The van der Waals surface area contributed by atoms with Crippen molar-refractivity contribution in [2.75, 3.05) is 26.7 Å². The summed E-state index contributed by atoms with van der Waals surface area (Å²) in [6.07, 6.45) is 40.5. The third kappa shape index (κ3) is 31.6. The minimum Gasteiger partial charge on any atom is -0.395 e. The Bertz CT molecular complexity index is 576. The van der Waals surface area contributed by atoms with E-state index in [-0.39, 0.29) is 18.2 Å². The lowest BCUT2D eigenvalue weighted by Gasteiger charge is -2.22. The standard InChI is InChI=1S/C41H81NO3/c1-4-6-8-10-12-14-16-18-20-22-24-26-28-30-32-34-40(44)39(38-42(3)36-37-43)41(45)35-33-31-29-27-25-23-21-19-17-15-13-11-9-7-5-2/h39,43H,4-38H2,1-3H3. The zero-order chi connectivity index (χ0) is 33.1. The van der Waals surface area contributed by atoms with E-state index in [2.05, 4.69) is 13.8 Å². The number of carbonyl (C=O) groups excluding carboxylic acids is 2. The van der Waals surface area contributed by atoms with Gasteiger partial charge in [-0.3, -0.25) is 9.59 Å². The minimum absolute atomic E-state index is 0.0592. The molecule has 0 aromatic carbocycles. The molecule has 0 aliphatic heterocycles. The Morgan fingerprint density at radius 1 is 0.444 bits per heavy atom. The summed E-state index contributed by atoms with van der Waals surface area (Å²) < 4.78 is 0. The zero-order valence-electron chi connectivity index (χ0n) is 31.0. The van der Waals surface area contributed by atoms with Crippen molar-refractivity contribution in [1.82, 2.24) is 4.90 Å². The van der Waals surface area contributed by atoms with Crippen LogP contribution in [-0.4, -0.2) is 48.3 Å². The molecule has 4 heteroatoms. The summed E-state index contributed by atoms with van der Waals surface area (Å²) in [6, 6.07) is 0. The van der Waals surface area contributed by atoms with Gasteiger partial charge in [-0.25, -0.2) is 0 Å². The fourth-order valence-electron chi connectivity index (χ4n) is 6.65. The highest BCUT2D eigenvalue weighted by Crippen LogP contribution is 2.18. The van der Waals surface area contributed by atoms with Gasteiger partial charge in [-0.15, -0.1) is 0 Å². The molecule has 0 radical (unpaired) electrons. The first-order valence-corrected chi connectivity index (χ1v) is 20.4. The second kappa shape index (κ2) is 36.1. The number of hydrogen-bond acceptors (Lipinski definition) is 4. The van der Waals surface area contributed by atoms with Crippen LogP contribution in [0.4, 0.5) is 0 Å². The summed E-state index contributed by atoms with van der Waals surface area (Å²) in [4.78, 5) is 28.2. The number of Topliss-reactive ketones (excluding diaryl/α,β-unsaturated/α-hetero) is 2. The molecule has 0 unspecified atom stereocenters. The van der Waals surface area contributed by atoms with Gasteiger partial charge in [0.15, 0.2) is 0 Å². The van der Waals surface area contributed by atoms with Gasteiger partial charge in [-0.1, -0.05) is 194 Å². The lowest BCUT2D eigenvalue weighted by Crippen LogP contribution is -2.37. The van der Waals surface area contributed by atoms with Crippen LogP contribution >= 0.6 is 0 Å². The van der Waals surface area contributed by atoms with Gasteiger partial charge < -0.3 is 10.0 Å². The van der Waals surface area contributed by atoms with Crippen molar-refractivity contribution >= 4 is 11.6 Å². The summed E-state index contributed by atoms with van der Waals surface area (Å²) in [5, 5.41) is 9.32. The first-order valence-electron chi connectivity index (χ1n) is 20.4. The number of nitrogens with zero attached hydrogens (tertiary/aromatic N) is 1. The number of aliphatic hydroxyl groups excluding tert-OH is 1. The van der Waals surface area contributed by atoms with Crippen LogP contribution in [-0.2, 0) is 9.59 Å². The van der Waals surface area contributed by atoms with Crippen LogP contribution in [0.15, 0.2) is 0 Å². The number of carbonyl (C=O) groups is 2. The molecule has 0 bridgehead atoms. The molecule has 0 atom stereocenters. The van der Waals surface area contributed by atoms with E-state index in [0.29, 0.717) is 25.9 Å². The number of aliphatic hydroxyl groups is 1. The van der Waals surface area contributed by atoms with Gasteiger partial charge in [0.1, 0.15) is 11.6 Å². The third-order valence-electron chi connectivity index (χ3n) is 9.81. The molecule has 4 nitrogen and oxygen atoms in total. The number of hydrogen-bond donors (Lipinski definition) is 1. The second-order valence-corrected chi connectivity index (χ2v) is 14.4. The predicted octanol–water partition coefficient (Wildman–Crippen LogP) is 12.2. The maximum Gasteiger partial charge on any atom is 0.144 e. The average molecular weight is 636 g/mol. The highest BCUT2D eigenvalue weighted by molar-refractivity contribution is 6.02. The van der Waals surface area contributed by atoms with Gasteiger partial charge in [-0.05, 0) is 19.9 Å². The molecule has 0 aromatic heterocycles. The van der Waals surface area contributed by atoms with E-state index in [1.807, 2.05) is 11.9 Å². The van der Waals surface area contributed by atoms with Gasteiger partial charge in [0, 0.05) is 25.9 Å². The minimum atomic E-state index is -0.514. The summed E-state index contributed by atoms with van der Waals surface area (Å²) in [6.45, 7) is 5.58. The van der Waals surface area contributed by atoms with Crippen LogP contribution < -0.4 is 0 Å². The largest absolute Gasteiger partial charge is 0.395 e. The monoisotopic (exact) mass is 636 g/mol. The van der Waals surface area contributed by atoms with Gasteiger partial charge in [0.2, 0.25) is 0 Å². The average Bonchev–Trinajstić information content (AvgIpc) is 3.03. The smallest absolute Gasteiger partial charge is 0.144 e. The Morgan fingerprint density at radius 2 is 0.689 bits per heavy atom. The van der Waals surface area contributed by atoms with Crippen LogP contribution in [0.2, 0.25) is 0 Å². The van der Waals surface area contributed by atoms with E-state index in [1.165, 1.54) is 167 Å². The lowest BCUT2D eigenvalue weighted by molar-refractivity contribution is -0.133. The van der Waals surface area contributed by atoms with Crippen LogP contribution in [0.3, 0.4) is 0 Å². The van der Waals surface area contributed by atoms with Gasteiger partial charge in [-0.2, -0.15) is 0 Å². The fraction of sp³-hybridized carbons (Fsp3) is 0.951. The summed E-state index contributed by atoms with van der Waals surface area (Å²) in [5.74, 6) is -0.263. The van der Waals surface area contributed by atoms with Crippen LogP contribution in [0.5, 0.6) is 0 Å². The molecular weight excluding hydrogens is 554 g/mol. The number of ketones is 2. The van der Waals surface area contributed by atoms with Crippen LogP contribution in [0.1, 0.15) is 219 Å². The van der Waals surface area contributed by atoms with E-state index in [4.69, 9.17) is 0 Å². The first kappa shape index (κ1) is 44.3. The molecule has 1 N–H and O–H groups in total. The summed E-state index contributed by atoms with van der Waals surface area (Å²) >= 11 is 0. The zero-order valence-corrected chi connectivity index (χ0v) is 31.0. The van der Waals surface area contributed by atoms with Crippen molar-refractivity contribution < 1.29 is 14.7 Å². The molecule has 0 heterocycles. The van der Waals surface area contributed by atoms with Crippen molar-refractivity contribution in [2.24, 2.45) is 5.92 Å². The van der Waals surface area contributed by atoms with Gasteiger partial charge >= 0.3 is 0 Å². The molecule has 268 valence electrons. The van der Waals surface area contributed by atoms with Crippen molar-refractivity contribution in [3.63, 3.8) is 0 Å². The maximum atomic E-state index is 13.1. The lowest BCUT2D eigenvalue weighted by atomic mass is 9.91. The predicted molar refractivity (Wildman–Crippen MR) is 197 cm³/mol. The Kier molecular flexibility index (Phi) is 35.5. The molecule has 0 amide bonds. The first-order chi connectivity index (χ1) is 22.1. The van der Waals surface area contributed by atoms with Crippen molar-refractivity contribution in [3.8, 4) is 0 Å². The second-order valence-electron chi connectivity index (χ2n) is 14.4. The molecule has 0 rings (SSSR count). The number of unbranched alkanes of at least 4 members (excludes halogenated alkanes) is 28. The van der Waals surface area contributed by atoms with E-state index in [9.17, 15) is 14.7 Å². The molecule has 0 fully saturated rings. The Hall–Kier alpha value is -0.740. The topological polar surface area (TPSA) is 57.6 Å². The summed E-state index contributed by atoms with van der Waals surface area (Å²) in [5.41, 5.74) is 0. The highest BCUT2D eigenvalue weighted by atomic mass is 16.3. The van der Waals surface area contributed by atoms with Gasteiger partial charge in [0.05, 0.1) is 12.5 Å². The van der Waals surface area contributed by atoms with Crippen LogP contribution in [0.25, 0.3) is 0 Å². The van der Waals surface area contributed by atoms with Crippen LogP contribution in [0, 0.1) is 5.92 Å². The molecule has 0 aromatic rings. The Labute approximate surface area is 282 Å². The number of rotatable bonds is 38. The molecule has 0 aliphatic carbocycles. The third-order valence-corrected chi connectivity index (χ3v) is 9.81. The number of likely N-dealkylation sites (N-methyl/N-ethyl adjacent to an activating group) is 1. The molecule has 0 spiro atoms. The van der Waals surface area contributed by atoms with E-state index in [0.717, 1.165) is 25.7 Å². The Balaban J connectivity index is 3.94. The molecule has 45 heavy (non-hydrogen) atoms. The van der Waals surface area contributed by atoms with Crippen molar-refractivity contribution in [3.05, 3.63) is 0 Å². The van der Waals surface area contributed by atoms with Gasteiger partial charge in [0.25, 0.3) is 0 Å². The fourth-order valence-corrected chi connectivity index (χ4v) is 6.65. The van der Waals surface area contributed by atoms with E-state index in [1.54, 1.807) is 0 Å². The quantitative estimate of drug-likeness (QED) is 0.0541. The molecule has 0 saturated carbocycles. The Morgan fingerprint density at radius 3 is 0.933 bits per heavy atom. The van der Waals surface area contributed by atoms with Crippen molar-refractivity contribution in [1.29, 1.82) is 0 Å². The van der Waals surface area contributed by atoms with E-state index < -0.39 is 5.92 Å². The molecular formula is C41H81NO3. The normalized spacial score (nSPS) is 11.7. The van der Waals surface area contributed by atoms with E-state index >= 15 is 0 Å². The molecule has 0 saturated heterocycles. The SMILES string of the molecule is CCCCCCCCCCCCCCCCCC(=O)C(CN(C)CCO)C(=O)CCCCCCCCCCCCCCCCC. The molecule has 0 aliphatic rings. The highest BCUT2D eigenvalue weighted by Gasteiger charge is 2.26. The summed E-state index contributed by atoms with van der Waals surface area (Å²) in [7, 11) is 1.91. The van der Waals surface area contributed by atoms with Crippen molar-refractivity contribution in [2.45, 2.75) is 219 Å². The maximum absolute atomic E-state index is 13.1.